The quantitative estimate of drug-likeness (QED) is 0.793. The SMILES string of the molecule is C/C=C1\OC(=O)c2c(Oc3nc(OC)nc(OC)n3)cccc21. The maximum Gasteiger partial charge on any atom is 0.348 e. The molecular formula is C15H13N3O5. The first-order valence-electron chi connectivity index (χ1n) is 6.70. The summed E-state index contributed by atoms with van der Waals surface area (Å²) in [7, 11) is 2.82. The second-order valence-electron chi connectivity index (χ2n) is 4.41. The van der Waals surface area contributed by atoms with E-state index >= 15 is 0 Å². The number of methoxy groups -OCH3 is 2. The minimum Gasteiger partial charge on any atom is -0.467 e. The van der Waals surface area contributed by atoms with Crippen molar-refractivity contribution in [2.24, 2.45) is 0 Å². The third-order valence-electron chi connectivity index (χ3n) is 3.10. The number of benzene rings is 1. The Morgan fingerprint density at radius 3 is 2.30 bits per heavy atom. The topological polar surface area (TPSA) is 92.7 Å². The van der Waals surface area contributed by atoms with Crippen LogP contribution < -0.4 is 14.2 Å². The van der Waals surface area contributed by atoms with Crippen molar-refractivity contribution in [3.63, 3.8) is 0 Å². The molecule has 0 fully saturated rings. The summed E-state index contributed by atoms with van der Waals surface area (Å²) in [5.74, 6) is 0.276. The number of cyclic esters (lactones) is 1. The van der Waals surface area contributed by atoms with Crippen molar-refractivity contribution in [1.82, 2.24) is 15.0 Å². The Morgan fingerprint density at radius 1 is 1.04 bits per heavy atom. The lowest BCUT2D eigenvalue weighted by Crippen LogP contribution is -2.03. The average Bonchev–Trinajstić information content (AvgIpc) is 2.91. The molecular weight excluding hydrogens is 302 g/mol. The number of aromatic nitrogens is 3. The molecule has 0 radical (unpaired) electrons. The fraction of sp³-hybridized carbons (Fsp3) is 0.200. The average molecular weight is 315 g/mol. The molecule has 1 aliphatic heterocycles. The largest absolute Gasteiger partial charge is 0.467 e. The number of hydrogen-bond acceptors (Lipinski definition) is 8. The summed E-state index contributed by atoms with van der Waals surface area (Å²) in [5.41, 5.74) is 0.974. The van der Waals surface area contributed by atoms with E-state index in [1.807, 2.05) is 0 Å². The highest BCUT2D eigenvalue weighted by molar-refractivity contribution is 6.05. The second-order valence-corrected chi connectivity index (χ2v) is 4.41. The van der Waals surface area contributed by atoms with Crippen LogP contribution in [0.4, 0.5) is 0 Å². The van der Waals surface area contributed by atoms with Gasteiger partial charge in [0.1, 0.15) is 17.1 Å². The normalized spacial score (nSPS) is 14.4. The minimum absolute atomic E-state index is 0.0381. The van der Waals surface area contributed by atoms with Crippen LogP contribution in [0.3, 0.4) is 0 Å². The smallest absolute Gasteiger partial charge is 0.348 e. The first-order valence-corrected chi connectivity index (χ1v) is 6.70. The molecule has 0 atom stereocenters. The summed E-state index contributed by atoms with van der Waals surface area (Å²) in [4.78, 5) is 23.9. The molecule has 0 spiro atoms. The van der Waals surface area contributed by atoms with Gasteiger partial charge in [-0.3, -0.25) is 0 Å². The van der Waals surface area contributed by atoms with Crippen molar-refractivity contribution in [3.05, 3.63) is 35.4 Å². The molecule has 0 amide bonds. The van der Waals surface area contributed by atoms with E-state index in [0.717, 1.165) is 0 Å². The summed E-state index contributed by atoms with van der Waals surface area (Å²) >= 11 is 0. The molecule has 2 heterocycles. The lowest BCUT2D eigenvalue weighted by molar-refractivity contribution is 0.0713. The van der Waals surface area contributed by atoms with Crippen LogP contribution in [0.25, 0.3) is 5.76 Å². The van der Waals surface area contributed by atoms with Crippen molar-refractivity contribution < 1.29 is 23.7 Å². The highest BCUT2D eigenvalue weighted by Crippen LogP contribution is 2.37. The zero-order chi connectivity index (χ0) is 16.4. The second kappa shape index (κ2) is 5.91. The molecule has 8 nitrogen and oxygen atoms in total. The number of carbonyl (C=O) groups excluding carboxylic acids is 1. The number of fused-ring (bicyclic) bond motifs is 1. The van der Waals surface area contributed by atoms with Crippen LogP contribution >= 0.6 is 0 Å². The van der Waals surface area contributed by atoms with Crippen LogP contribution in [-0.2, 0) is 4.74 Å². The fourth-order valence-corrected chi connectivity index (χ4v) is 2.10. The first kappa shape index (κ1) is 14.8. The van der Waals surface area contributed by atoms with Crippen LogP contribution in [0.2, 0.25) is 0 Å². The van der Waals surface area contributed by atoms with E-state index in [0.29, 0.717) is 16.9 Å². The van der Waals surface area contributed by atoms with Gasteiger partial charge in [0.05, 0.1) is 14.2 Å². The Kier molecular flexibility index (Phi) is 3.80. The van der Waals surface area contributed by atoms with Gasteiger partial charge in [-0.05, 0) is 19.1 Å². The molecule has 0 N–H and O–H groups in total. The van der Waals surface area contributed by atoms with E-state index in [2.05, 4.69) is 15.0 Å². The number of nitrogens with zero attached hydrogens (tertiary/aromatic N) is 3. The lowest BCUT2D eigenvalue weighted by atomic mass is 10.1. The van der Waals surface area contributed by atoms with E-state index in [9.17, 15) is 4.79 Å². The van der Waals surface area contributed by atoms with E-state index in [4.69, 9.17) is 18.9 Å². The number of rotatable bonds is 4. The Bertz CT molecular complexity index is 781. The van der Waals surface area contributed by atoms with Crippen LogP contribution in [0.5, 0.6) is 23.8 Å². The van der Waals surface area contributed by atoms with Crippen LogP contribution in [-0.4, -0.2) is 35.1 Å². The van der Waals surface area contributed by atoms with Gasteiger partial charge in [0.15, 0.2) is 0 Å². The monoisotopic (exact) mass is 315 g/mol. The van der Waals surface area contributed by atoms with Crippen LogP contribution in [0, 0.1) is 0 Å². The van der Waals surface area contributed by atoms with Gasteiger partial charge in [-0.25, -0.2) is 4.79 Å². The summed E-state index contributed by atoms with van der Waals surface area (Å²) in [6.07, 6.45) is 1.71. The molecule has 1 aromatic carbocycles. The maximum absolute atomic E-state index is 12.0. The molecule has 0 saturated carbocycles. The molecule has 1 aromatic heterocycles. The van der Waals surface area contributed by atoms with Crippen molar-refractivity contribution in [1.29, 1.82) is 0 Å². The Balaban J connectivity index is 2.02. The third kappa shape index (κ3) is 2.66. The molecule has 0 aliphatic carbocycles. The van der Waals surface area contributed by atoms with E-state index in [1.54, 1.807) is 31.2 Å². The highest BCUT2D eigenvalue weighted by atomic mass is 16.6. The predicted molar refractivity (Wildman–Crippen MR) is 78.5 cm³/mol. The summed E-state index contributed by atoms with van der Waals surface area (Å²) in [5, 5.41) is 0. The van der Waals surface area contributed by atoms with Gasteiger partial charge in [0.2, 0.25) is 0 Å². The number of carbonyl (C=O) groups is 1. The van der Waals surface area contributed by atoms with Crippen molar-refractivity contribution in [3.8, 4) is 23.8 Å². The zero-order valence-electron chi connectivity index (χ0n) is 12.7. The Hall–Kier alpha value is -3.16. The standard InChI is InChI=1S/C15H13N3O5/c1-4-9-8-6-5-7-10(11(8)12(19)22-9)23-15-17-13(20-2)16-14(18-15)21-3/h4-7H,1-3H3/b9-4-. The van der Waals surface area contributed by atoms with E-state index in [1.165, 1.54) is 14.2 Å². The lowest BCUT2D eigenvalue weighted by Gasteiger charge is -2.08. The molecule has 8 heteroatoms. The summed E-state index contributed by atoms with van der Waals surface area (Å²) in [6, 6.07) is 5.17. The third-order valence-corrected chi connectivity index (χ3v) is 3.10. The van der Waals surface area contributed by atoms with Crippen molar-refractivity contribution in [2.75, 3.05) is 14.2 Å². The van der Waals surface area contributed by atoms with Crippen LogP contribution in [0.15, 0.2) is 24.3 Å². The molecule has 0 saturated heterocycles. The predicted octanol–water partition coefficient (Wildman–Crippen LogP) is 2.21. The Morgan fingerprint density at radius 2 is 1.70 bits per heavy atom. The molecule has 1 aliphatic rings. The molecule has 3 rings (SSSR count). The first-order chi connectivity index (χ1) is 11.2. The van der Waals surface area contributed by atoms with Gasteiger partial charge in [0, 0.05) is 5.56 Å². The number of esters is 1. The molecule has 23 heavy (non-hydrogen) atoms. The van der Waals surface area contributed by atoms with E-state index in [-0.39, 0.29) is 23.8 Å². The maximum atomic E-state index is 12.0. The summed E-state index contributed by atoms with van der Waals surface area (Å²) in [6.45, 7) is 1.78. The molecule has 0 bridgehead atoms. The fourth-order valence-electron chi connectivity index (χ4n) is 2.10. The van der Waals surface area contributed by atoms with E-state index < -0.39 is 5.97 Å². The summed E-state index contributed by atoms with van der Waals surface area (Å²) < 4.78 is 20.7. The van der Waals surface area contributed by atoms with Crippen molar-refractivity contribution >= 4 is 11.7 Å². The molecule has 0 unspecified atom stereocenters. The zero-order valence-corrected chi connectivity index (χ0v) is 12.7. The number of allylic oxidation sites excluding steroid dienone is 1. The molecule has 118 valence electrons. The van der Waals surface area contributed by atoms with Gasteiger partial charge in [0.25, 0.3) is 0 Å². The van der Waals surface area contributed by atoms with Gasteiger partial charge < -0.3 is 18.9 Å². The minimum atomic E-state index is -0.489. The van der Waals surface area contributed by atoms with Gasteiger partial charge in [-0.1, -0.05) is 12.1 Å². The Labute approximate surface area is 131 Å². The van der Waals surface area contributed by atoms with Gasteiger partial charge in [-0.2, -0.15) is 0 Å². The highest BCUT2D eigenvalue weighted by Gasteiger charge is 2.30. The number of hydrogen-bond donors (Lipinski definition) is 0. The van der Waals surface area contributed by atoms with Gasteiger partial charge >= 0.3 is 24.0 Å². The molecule has 2 aromatic rings. The van der Waals surface area contributed by atoms with Crippen molar-refractivity contribution in [2.45, 2.75) is 6.92 Å². The van der Waals surface area contributed by atoms with Gasteiger partial charge in [-0.15, -0.1) is 15.0 Å². The number of ether oxygens (including phenoxy) is 4. The van der Waals surface area contributed by atoms with Crippen LogP contribution in [0.1, 0.15) is 22.8 Å².